The van der Waals surface area contributed by atoms with Gasteiger partial charge in [-0.3, -0.25) is 9.48 Å². The number of carbonyl (C=O) groups is 1. The van der Waals surface area contributed by atoms with Crippen molar-refractivity contribution in [1.82, 2.24) is 34.4 Å². The number of aromatic nitrogens is 6. The smallest absolute Gasteiger partial charge is 0.246 e. The van der Waals surface area contributed by atoms with Gasteiger partial charge in [0.25, 0.3) is 0 Å². The van der Waals surface area contributed by atoms with Gasteiger partial charge in [0, 0.05) is 26.3 Å². The summed E-state index contributed by atoms with van der Waals surface area (Å²) < 4.78 is 3.51. The van der Waals surface area contributed by atoms with Crippen molar-refractivity contribution in [2.75, 3.05) is 18.8 Å². The zero-order valence-corrected chi connectivity index (χ0v) is 15.5. The number of fused-ring (bicyclic) bond motifs is 1. The number of hydrogen-bond acceptors (Lipinski definition) is 6. The van der Waals surface area contributed by atoms with Gasteiger partial charge in [-0.1, -0.05) is 12.5 Å². The maximum atomic E-state index is 12.0. The Balaban J connectivity index is 1.76. The molecule has 2 N–H and O–H groups in total. The zero-order chi connectivity index (χ0) is 19.7. The van der Waals surface area contributed by atoms with Gasteiger partial charge < -0.3 is 10.6 Å². The molecule has 0 radical (unpaired) electrons. The molecule has 1 fully saturated rings. The molecule has 0 saturated carbocycles. The summed E-state index contributed by atoms with van der Waals surface area (Å²) in [5.74, 6) is 6.38. The fourth-order valence-electron chi connectivity index (χ4n) is 3.44. The topological polar surface area (TPSA) is 108 Å². The number of carbonyl (C=O) groups excluding carboxylic acids is 1. The first-order valence-corrected chi connectivity index (χ1v) is 8.97. The number of aryl methyl sites for hydroxylation is 1. The van der Waals surface area contributed by atoms with Crippen molar-refractivity contribution in [3.8, 4) is 11.8 Å². The molecule has 1 aliphatic rings. The van der Waals surface area contributed by atoms with Crippen LogP contribution < -0.4 is 5.73 Å². The minimum absolute atomic E-state index is 0.0107. The fourth-order valence-corrected chi connectivity index (χ4v) is 3.44. The predicted octanol–water partition coefficient (Wildman–Crippen LogP) is 0.891. The first kappa shape index (κ1) is 17.7. The van der Waals surface area contributed by atoms with Crippen LogP contribution in [0.25, 0.3) is 11.0 Å². The molecule has 1 amide bonds. The Morgan fingerprint density at radius 2 is 2.25 bits per heavy atom. The lowest BCUT2D eigenvalue weighted by Crippen LogP contribution is -2.40. The Morgan fingerprint density at radius 3 is 3.00 bits per heavy atom. The zero-order valence-electron chi connectivity index (χ0n) is 15.5. The summed E-state index contributed by atoms with van der Waals surface area (Å²) in [6.07, 6.45) is 8.04. The summed E-state index contributed by atoms with van der Waals surface area (Å²) in [6.45, 7) is 4.83. The molecule has 4 heterocycles. The molecule has 3 aromatic heterocycles. The summed E-state index contributed by atoms with van der Waals surface area (Å²) in [7, 11) is 1.83. The van der Waals surface area contributed by atoms with Crippen LogP contribution in [0.1, 0.15) is 30.1 Å². The summed E-state index contributed by atoms with van der Waals surface area (Å²) in [5, 5.41) is 9.43. The van der Waals surface area contributed by atoms with Gasteiger partial charge in [0.15, 0.2) is 5.65 Å². The number of nitrogens with two attached hydrogens (primary N) is 1. The Bertz CT molecular complexity index is 1120. The Morgan fingerprint density at radius 1 is 1.39 bits per heavy atom. The molecule has 0 aromatic carbocycles. The van der Waals surface area contributed by atoms with Gasteiger partial charge in [-0.25, -0.2) is 14.6 Å². The lowest BCUT2D eigenvalue weighted by Gasteiger charge is -2.32. The molecule has 3 aromatic rings. The highest BCUT2D eigenvalue weighted by Crippen LogP contribution is 2.28. The van der Waals surface area contributed by atoms with Gasteiger partial charge in [0.05, 0.1) is 23.2 Å². The van der Waals surface area contributed by atoms with Crippen LogP contribution in [0.5, 0.6) is 0 Å². The van der Waals surface area contributed by atoms with Gasteiger partial charge in [0.1, 0.15) is 17.8 Å². The third-order valence-electron chi connectivity index (χ3n) is 4.78. The normalized spacial score (nSPS) is 16.6. The number of likely N-dealkylation sites (tertiary alicyclic amines) is 1. The van der Waals surface area contributed by atoms with Crippen LogP contribution in [-0.2, 0) is 11.8 Å². The van der Waals surface area contributed by atoms with Crippen molar-refractivity contribution in [3.63, 3.8) is 0 Å². The average Bonchev–Trinajstić information content (AvgIpc) is 3.30. The van der Waals surface area contributed by atoms with E-state index < -0.39 is 0 Å². The maximum Gasteiger partial charge on any atom is 0.246 e. The van der Waals surface area contributed by atoms with E-state index >= 15 is 0 Å². The molecule has 0 aliphatic carbocycles. The van der Waals surface area contributed by atoms with Crippen molar-refractivity contribution in [1.29, 1.82) is 0 Å². The van der Waals surface area contributed by atoms with Gasteiger partial charge in [0.2, 0.25) is 5.91 Å². The van der Waals surface area contributed by atoms with E-state index in [1.807, 2.05) is 17.9 Å². The number of rotatable bonds is 2. The highest BCUT2D eigenvalue weighted by molar-refractivity contribution is 5.90. The molecule has 28 heavy (non-hydrogen) atoms. The highest BCUT2D eigenvalue weighted by Gasteiger charge is 2.27. The minimum Gasteiger partial charge on any atom is -0.383 e. The van der Waals surface area contributed by atoms with Crippen molar-refractivity contribution in [2.24, 2.45) is 7.05 Å². The molecule has 142 valence electrons. The quantitative estimate of drug-likeness (QED) is 0.526. The number of anilines is 1. The second kappa shape index (κ2) is 7.15. The molecule has 9 heteroatoms. The number of nitrogen functional groups attached to an aromatic ring is 1. The van der Waals surface area contributed by atoms with Crippen molar-refractivity contribution >= 4 is 22.8 Å². The lowest BCUT2D eigenvalue weighted by atomic mass is 10.1. The molecule has 9 nitrogen and oxygen atoms in total. The highest BCUT2D eigenvalue weighted by atomic mass is 16.2. The summed E-state index contributed by atoms with van der Waals surface area (Å²) >= 11 is 0. The van der Waals surface area contributed by atoms with E-state index in [1.54, 1.807) is 15.8 Å². The first-order chi connectivity index (χ1) is 13.6. The average molecular weight is 376 g/mol. The van der Waals surface area contributed by atoms with Crippen molar-refractivity contribution in [3.05, 3.63) is 42.6 Å². The molecule has 0 bridgehead atoms. The number of piperidine rings is 1. The van der Waals surface area contributed by atoms with Crippen molar-refractivity contribution in [2.45, 2.75) is 18.9 Å². The largest absolute Gasteiger partial charge is 0.383 e. The van der Waals surface area contributed by atoms with Crippen molar-refractivity contribution < 1.29 is 4.79 Å². The van der Waals surface area contributed by atoms with E-state index in [4.69, 9.17) is 5.73 Å². The minimum atomic E-state index is -0.0769. The molecule has 1 aliphatic heterocycles. The van der Waals surface area contributed by atoms with E-state index in [9.17, 15) is 4.79 Å². The molecule has 4 rings (SSSR count). The summed E-state index contributed by atoms with van der Waals surface area (Å²) in [6, 6.07) is -0.0107. The predicted molar refractivity (Wildman–Crippen MR) is 104 cm³/mol. The van der Waals surface area contributed by atoms with E-state index in [2.05, 4.69) is 38.6 Å². The fraction of sp³-hybridized carbons (Fsp3) is 0.316. The number of amides is 1. The van der Waals surface area contributed by atoms with Crippen LogP contribution in [0, 0.1) is 11.8 Å². The van der Waals surface area contributed by atoms with Gasteiger partial charge in [-0.2, -0.15) is 10.2 Å². The second-order valence-electron chi connectivity index (χ2n) is 6.69. The van der Waals surface area contributed by atoms with Crippen LogP contribution in [0.2, 0.25) is 0 Å². The SMILES string of the molecule is C=CC(=O)N1CCCC(n2nc(C#Cc3cnn(C)c3)c3c(N)ncnc32)C1. The van der Waals surface area contributed by atoms with Gasteiger partial charge in [-0.15, -0.1) is 0 Å². The Labute approximate surface area is 161 Å². The van der Waals surface area contributed by atoms with Crippen LogP contribution in [0.3, 0.4) is 0 Å². The number of nitrogens with zero attached hydrogens (tertiary/aromatic N) is 7. The standard InChI is InChI=1S/C19H20N8O/c1-3-16(28)26-8-4-5-14(11-26)27-19-17(18(20)21-12-22-19)15(24-27)7-6-13-9-23-25(2)10-13/h3,9-10,12,14H,1,4-5,8,11H2,2H3,(H2,20,21,22). The number of hydrogen-bond donors (Lipinski definition) is 1. The monoisotopic (exact) mass is 376 g/mol. The first-order valence-electron chi connectivity index (χ1n) is 8.97. The molecular weight excluding hydrogens is 356 g/mol. The molecular formula is C19H20N8O. The summed E-state index contributed by atoms with van der Waals surface area (Å²) in [4.78, 5) is 22.3. The van der Waals surface area contributed by atoms with E-state index in [1.165, 1.54) is 12.4 Å². The molecule has 1 atom stereocenters. The van der Waals surface area contributed by atoms with Gasteiger partial charge >= 0.3 is 0 Å². The third-order valence-corrected chi connectivity index (χ3v) is 4.78. The summed E-state index contributed by atoms with van der Waals surface area (Å²) in [5.41, 5.74) is 8.03. The van der Waals surface area contributed by atoms with Crippen LogP contribution >= 0.6 is 0 Å². The lowest BCUT2D eigenvalue weighted by molar-refractivity contribution is -0.127. The second-order valence-corrected chi connectivity index (χ2v) is 6.69. The van der Waals surface area contributed by atoms with Crippen LogP contribution in [-0.4, -0.2) is 53.4 Å². The molecule has 1 unspecified atom stereocenters. The Hall–Kier alpha value is -3.67. The van der Waals surface area contributed by atoms with Crippen LogP contribution in [0.15, 0.2) is 31.4 Å². The Kier molecular flexibility index (Phi) is 4.53. The molecule has 0 spiro atoms. The van der Waals surface area contributed by atoms with E-state index in [0.717, 1.165) is 18.4 Å². The third kappa shape index (κ3) is 3.20. The van der Waals surface area contributed by atoms with E-state index in [0.29, 0.717) is 35.6 Å². The molecule has 1 saturated heterocycles. The van der Waals surface area contributed by atoms with Gasteiger partial charge in [-0.05, 0) is 24.8 Å². The maximum absolute atomic E-state index is 12.0. The van der Waals surface area contributed by atoms with E-state index in [-0.39, 0.29) is 11.9 Å². The van der Waals surface area contributed by atoms with Crippen LogP contribution in [0.4, 0.5) is 5.82 Å².